The van der Waals surface area contributed by atoms with Crippen LogP contribution in [0.1, 0.15) is 10.4 Å². The van der Waals surface area contributed by atoms with Crippen LogP contribution in [0.2, 0.25) is 0 Å². The van der Waals surface area contributed by atoms with E-state index in [0.29, 0.717) is 27.8 Å². The first-order chi connectivity index (χ1) is 14.0. The summed E-state index contributed by atoms with van der Waals surface area (Å²) in [6.07, 6.45) is 1.42. The van der Waals surface area contributed by atoms with Crippen molar-refractivity contribution in [2.24, 2.45) is 0 Å². The van der Waals surface area contributed by atoms with Crippen LogP contribution < -0.4 is 10.2 Å². The largest absolute Gasteiger partial charge is 0.485 e. The fraction of sp³-hybridized carbons (Fsp3) is 0.0435. The maximum absolute atomic E-state index is 13.0. The summed E-state index contributed by atoms with van der Waals surface area (Å²) >= 11 is 3.37. The molecule has 0 aliphatic rings. The number of carbonyl (C=O) groups is 1. The second-order valence-electron chi connectivity index (χ2n) is 6.36. The highest BCUT2D eigenvalue weighted by molar-refractivity contribution is 9.10. The summed E-state index contributed by atoms with van der Waals surface area (Å²) in [6.45, 7) is -0.210. The van der Waals surface area contributed by atoms with Crippen LogP contribution >= 0.6 is 15.9 Å². The van der Waals surface area contributed by atoms with Crippen molar-refractivity contribution in [3.8, 4) is 16.9 Å². The molecule has 0 unspecified atom stereocenters. The Morgan fingerprint density at radius 3 is 2.45 bits per heavy atom. The first kappa shape index (κ1) is 19.1. The number of halogens is 2. The van der Waals surface area contributed by atoms with Crippen molar-refractivity contribution in [1.29, 1.82) is 0 Å². The third-order valence-corrected chi connectivity index (χ3v) is 4.97. The second-order valence-corrected chi connectivity index (χ2v) is 7.28. The maximum Gasteiger partial charge on any atom is 0.200 e. The summed E-state index contributed by atoms with van der Waals surface area (Å²) in [4.78, 5) is 25.0. The van der Waals surface area contributed by atoms with Gasteiger partial charge in [0.2, 0.25) is 0 Å². The molecule has 4 aromatic rings. The van der Waals surface area contributed by atoms with Crippen molar-refractivity contribution in [2.45, 2.75) is 0 Å². The van der Waals surface area contributed by atoms with Gasteiger partial charge in [-0.3, -0.25) is 9.59 Å². The van der Waals surface area contributed by atoms with Crippen LogP contribution in [0, 0.1) is 5.82 Å². The Kier molecular flexibility index (Phi) is 5.27. The Bertz CT molecular complexity index is 1240. The quantitative estimate of drug-likeness (QED) is 0.368. The number of hydrogen-bond donors (Lipinski definition) is 0. The predicted molar refractivity (Wildman–Crippen MR) is 112 cm³/mol. The summed E-state index contributed by atoms with van der Waals surface area (Å²) in [5, 5.41) is 0.419. The highest BCUT2D eigenvalue weighted by Gasteiger charge is 2.11. The van der Waals surface area contributed by atoms with Gasteiger partial charge < -0.3 is 9.15 Å². The first-order valence-electron chi connectivity index (χ1n) is 8.74. The highest BCUT2D eigenvalue weighted by atomic mass is 79.9. The lowest BCUT2D eigenvalue weighted by molar-refractivity contribution is 0.0921. The van der Waals surface area contributed by atoms with Crippen molar-refractivity contribution < 1.29 is 18.3 Å². The number of benzene rings is 3. The minimum atomic E-state index is -0.408. The van der Waals surface area contributed by atoms with E-state index in [1.54, 1.807) is 18.2 Å². The molecule has 0 aliphatic heterocycles. The highest BCUT2D eigenvalue weighted by Crippen LogP contribution is 2.24. The number of ketones is 1. The summed E-state index contributed by atoms with van der Waals surface area (Å²) < 4.78 is 25.0. The normalized spacial score (nSPS) is 10.8. The molecule has 0 saturated carbocycles. The minimum Gasteiger partial charge on any atom is -0.485 e. The molecule has 3 aromatic carbocycles. The number of carbonyl (C=O) groups excluding carboxylic acids is 1. The molecule has 144 valence electrons. The Balaban J connectivity index is 1.56. The van der Waals surface area contributed by atoms with E-state index in [1.807, 2.05) is 24.3 Å². The van der Waals surface area contributed by atoms with Crippen molar-refractivity contribution in [3.05, 3.63) is 99.1 Å². The lowest BCUT2D eigenvalue weighted by atomic mass is 10.1. The van der Waals surface area contributed by atoms with E-state index in [4.69, 9.17) is 9.15 Å². The molecule has 0 N–H and O–H groups in total. The van der Waals surface area contributed by atoms with E-state index >= 15 is 0 Å². The van der Waals surface area contributed by atoms with Crippen LogP contribution in [-0.2, 0) is 0 Å². The van der Waals surface area contributed by atoms with Gasteiger partial charge in [0.1, 0.15) is 23.4 Å². The van der Waals surface area contributed by atoms with Gasteiger partial charge in [-0.05, 0) is 54.1 Å². The summed E-state index contributed by atoms with van der Waals surface area (Å²) in [5.74, 6) is -0.292. The van der Waals surface area contributed by atoms with Gasteiger partial charge in [0.25, 0.3) is 0 Å². The fourth-order valence-electron chi connectivity index (χ4n) is 2.90. The number of hydrogen-bond acceptors (Lipinski definition) is 4. The van der Waals surface area contributed by atoms with E-state index < -0.39 is 5.82 Å². The van der Waals surface area contributed by atoms with Crippen LogP contribution in [-0.4, -0.2) is 12.4 Å². The molecule has 1 aromatic heterocycles. The van der Waals surface area contributed by atoms with Crippen molar-refractivity contribution >= 4 is 32.7 Å². The number of Topliss-reactive ketones (excluding diaryl/α,β-unsaturated/α-hetero) is 1. The Morgan fingerprint density at radius 1 is 1.00 bits per heavy atom. The topological polar surface area (TPSA) is 56.5 Å². The van der Waals surface area contributed by atoms with Crippen LogP contribution in [0.25, 0.3) is 22.1 Å². The molecule has 0 radical (unpaired) electrons. The third-order valence-electron chi connectivity index (χ3n) is 4.44. The van der Waals surface area contributed by atoms with Crippen LogP contribution in [0.15, 0.2) is 86.7 Å². The van der Waals surface area contributed by atoms with E-state index in [-0.39, 0.29) is 17.8 Å². The fourth-order valence-corrected chi connectivity index (χ4v) is 3.16. The Hall–Kier alpha value is -3.25. The van der Waals surface area contributed by atoms with Crippen LogP contribution in [0.3, 0.4) is 0 Å². The predicted octanol–water partition coefficient (Wildman–Crippen LogP) is 5.62. The van der Waals surface area contributed by atoms with Crippen LogP contribution in [0.4, 0.5) is 4.39 Å². The summed E-state index contributed by atoms with van der Waals surface area (Å²) in [5.41, 5.74) is 1.79. The van der Waals surface area contributed by atoms with Crippen molar-refractivity contribution in [1.82, 2.24) is 0 Å². The van der Waals surface area contributed by atoms with Gasteiger partial charge >= 0.3 is 0 Å². The van der Waals surface area contributed by atoms with Crippen molar-refractivity contribution in [2.75, 3.05) is 6.61 Å². The lowest BCUT2D eigenvalue weighted by Crippen LogP contribution is -2.11. The average Bonchev–Trinajstić information content (AvgIpc) is 2.73. The minimum absolute atomic E-state index is 0.150. The Labute approximate surface area is 173 Å². The van der Waals surface area contributed by atoms with Crippen molar-refractivity contribution in [3.63, 3.8) is 0 Å². The number of fused-ring (bicyclic) bond motifs is 1. The summed E-state index contributed by atoms with van der Waals surface area (Å²) in [6, 6.07) is 17.4. The molecule has 1 heterocycles. The molecule has 4 rings (SSSR count). The maximum atomic E-state index is 13.0. The molecule has 0 spiro atoms. The molecule has 0 fully saturated rings. The van der Waals surface area contributed by atoms with E-state index in [0.717, 1.165) is 10.0 Å². The molecule has 0 amide bonds. The monoisotopic (exact) mass is 452 g/mol. The number of ether oxygens (including phenoxy) is 1. The Morgan fingerprint density at radius 2 is 1.72 bits per heavy atom. The van der Waals surface area contributed by atoms with Gasteiger partial charge in [-0.2, -0.15) is 0 Å². The molecular formula is C23H14BrFO4. The van der Waals surface area contributed by atoms with Gasteiger partial charge in [-0.25, -0.2) is 4.39 Å². The standard InChI is InChI=1S/C23H14BrFO4/c24-16-5-1-14(2-6-16)20-12-29-22-11-18(9-10-19(22)23(20)27)28-13-21(26)15-3-7-17(25)8-4-15/h1-12H,13H2. The van der Waals surface area contributed by atoms with Gasteiger partial charge in [-0.15, -0.1) is 0 Å². The number of rotatable bonds is 5. The molecular weight excluding hydrogens is 439 g/mol. The molecule has 4 nitrogen and oxygen atoms in total. The van der Waals surface area contributed by atoms with E-state index in [2.05, 4.69) is 15.9 Å². The zero-order valence-corrected chi connectivity index (χ0v) is 16.6. The summed E-state index contributed by atoms with van der Waals surface area (Å²) in [7, 11) is 0. The molecule has 0 bridgehead atoms. The third kappa shape index (κ3) is 4.12. The molecule has 0 saturated heterocycles. The molecule has 6 heteroatoms. The van der Waals surface area contributed by atoms with Gasteiger partial charge in [-0.1, -0.05) is 28.1 Å². The lowest BCUT2D eigenvalue weighted by Gasteiger charge is -2.07. The van der Waals surface area contributed by atoms with Gasteiger partial charge in [0, 0.05) is 16.1 Å². The zero-order chi connectivity index (χ0) is 20.4. The smallest absolute Gasteiger partial charge is 0.200 e. The van der Waals surface area contributed by atoms with Gasteiger partial charge in [0.15, 0.2) is 17.8 Å². The molecule has 0 aliphatic carbocycles. The zero-order valence-electron chi connectivity index (χ0n) is 15.0. The average molecular weight is 453 g/mol. The SMILES string of the molecule is O=C(COc1ccc2c(=O)c(-c3ccc(Br)cc3)coc2c1)c1ccc(F)cc1. The first-order valence-corrected chi connectivity index (χ1v) is 9.53. The van der Waals surface area contributed by atoms with Gasteiger partial charge in [0.05, 0.1) is 10.9 Å². The second kappa shape index (κ2) is 8.01. The van der Waals surface area contributed by atoms with Crippen LogP contribution in [0.5, 0.6) is 5.75 Å². The van der Waals surface area contributed by atoms with E-state index in [1.165, 1.54) is 30.5 Å². The molecule has 0 atom stereocenters. The molecule has 29 heavy (non-hydrogen) atoms. The van der Waals surface area contributed by atoms with E-state index in [9.17, 15) is 14.0 Å².